The van der Waals surface area contributed by atoms with Crippen LogP contribution < -0.4 is 10.6 Å². The van der Waals surface area contributed by atoms with Crippen LogP contribution in [0, 0.1) is 5.92 Å². The van der Waals surface area contributed by atoms with E-state index in [1.165, 1.54) is 12.8 Å². The molecule has 1 saturated heterocycles. The minimum atomic E-state index is -0.575. The Morgan fingerprint density at radius 3 is 2.59 bits per heavy atom. The summed E-state index contributed by atoms with van der Waals surface area (Å²) in [5.41, 5.74) is -0.575. The minimum Gasteiger partial charge on any atom is -0.368 e. The molecule has 0 spiro atoms. The lowest BCUT2D eigenvalue weighted by Gasteiger charge is -2.34. The Morgan fingerprint density at radius 1 is 1.41 bits per heavy atom. The van der Waals surface area contributed by atoms with Gasteiger partial charge in [-0.1, -0.05) is 12.8 Å². The number of carbonyl (C=O) groups is 1. The van der Waals surface area contributed by atoms with Crippen LogP contribution in [0.4, 0.5) is 0 Å². The van der Waals surface area contributed by atoms with Crippen molar-refractivity contribution in [1.82, 2.24) is 10.6 Å². The van der Waals surface area contributed by atoms with E-state index in [-0.39, 0.29) is 18.3 Å². The molecule has 2 fully saturated rings. The first-order valence-electron chi connectivity index (χ1n) is 6.31. The number of nitrogens with one attached hydrogen (secondary N) is 2. The number of amides is 1. The number of methoxy groups -OCH3 is 1. The molecule has 1 saturated carbocycles. The maximum absolute atomic E-state index is 12.1. The summed E-state index contributed by atoms with van der Waals surface area (Å²) >= 11 is 0. The number of piperidine rings is 1. The summed E-state index contributed by atoms with van der Waals surface area (Å²) in [5, 5.41) is 6.28. The quantitative estimate of drug-likeness (QED) is 0.780. The lowest BCUT2D eigenvalue weighted by Crippen LogP contribution is -2.54. The van der Waals surface area contributed by atoms with Gasteiger partial charge < -0.3 is 15.4 Å². The van der Waals surface area contributed by atoms with Gasteiger partial charge in [-0.25, -0.2) is 0 Å². The Kier molecular flexibility index (Phi) is 5.70. The molecule has 2 aliphatic rings. The van der Waals surface area contributed by atoms with Gasteiger partial charge in [-0.15, -0.1) is 12.4 Å². The van der Waals surface area contributed by atoms with Crippen LogP contribution in [0.1, 0.15) is 32.1 Å². The van der Waals surface area contributed by atoms with Crippen molar-refractivity contribution in [2.45, 2.75) is 37.7 Å². The fraction of sp³-hybridized carbons (Fsp3) is 0.917. The van der Waals surface area contributed by atoms with Crippen LogP contribution in [0.25, 0.3) is 0 Å². The van der Waals surface area contributed by atoms with Crippen LogP contribution in [-0.4, -0.2) is 38.3 Å². The fourth-order valence-electron chi connectivity index (χ4n) is 2.31. The Hall–Kier alpha value is -0.320. The number of halogens is 1. The van der Waals surface area contributed by atoms with Gasteiger partial charge in [-0.05, 0) is 38.3 Å². The Morgan fingerprint density at radius 2 is 2.06 bits per heavy atom. The maximum atomic E-state index is 12.1. The zero-order valence-electron chi connectivity index (χ0n) is 10.5. The third-order valence-electron chi connectivity index (χ3n) is 3.75. The summed E-state index contributed by atoms with van der Waals surface area (Å²) in [7, 11) is 1.64. The molecule has 4 nitrogen and oxygen atoms in total. The first-order chi connectivity index (χ1) is 7.77. The van der Waals surface area contributed by atoms with Crippen LogP contribution in [0.3, 0.4) is 0 Å². The Bertz CT molecular complexity index is 251. The highest BCUT2D eigenvalue weighted by Gasteiger charge is 2.39. The van der Waals surface area contributed by atoms with Gasteiger partial charge in [-0.3, -0.25) is 4.79 Å². The van der Waals surface area contributed by atoms with Crippen molar-refractivity contribution in [3.8, 4) is 0 Å². The number of hydrogen-bond acceptors (Lipinski definition) is 3. The molecule has 1 aliphatic carbocycles. The average Bonchev–Trinajstić information content (AvgIpc) is 3.14. The summed E-state index contributed by atoms with van der Waals surface area (Å²) in [6.45, 7) is 2.54. The van der Waals surface area contributed by atoms with Crippen molar-refractivity contribution in [3.05, 3.63) is 0 Å². The molecule has 0 unspecified atom stereocenters. The Labute approximate surface area is 109 Å². The van der Waals surface area contributed by atoms with E-state index in [1.54, 1.807) is 7.11 Å². The van der Waals surface area contributed by atoms with E-state index < -0.39 is 5.60 Å². The van der Waals surface area contributed by atoms with Crippen molar-refractivity contribution >= 4 is 18.3 Å². The number of ether oxygens (including phenoxy) is 1. The van der Waals surface area contributed by atoms with E-state index in [4.69, 9.17) is 4.74 Å². The third kappa shape index (κ3) is 3.83. The summed E-state index contributed by atoms with van der Waals surface area (Å²) in [4.78, 5) is 12.1. The lowest BCUT2D eigenvalue weighted by molar-refractivity contribution is -0.146. The standard InChI is InChI=1S/C12H22N2O2.ClH/c1-16-12(5-8-13-9-6-12)11(15)14-7-4-10-2-3-10;/h10,13H,2-9H2,1H3,(H,14,15);1H. The van der Waals surface area contributed by atoms with Crippen molar-refractivity contribution in [3.63, 3.8) is 0 Å². The van der Waals surface area contributed by atoms with Crippen molar-refractivity contribution in [2.75, 3.05) is 26.7 Å². The second-order valence-electron chi connectivity index (χ2n) is 4.94. The van der Waals surface area contributed by atoms with Crippen molar-refractivity contribution in [1.29, 1.82) is 0 Å². The predicted molar refractivity (Wildman–Crippen MR) is 69.4 cm³/mol. The predicted octanol–water partition coefficient (Wildman–Crippen LogP) is 1.09. The molecule has 0 aromatic carbocycles. The van der Waals surface area contributed by atoms with E-state index in [0.717, 1.165) is 44.8 Å². The zero-order valence-corrected chi connectivity index (χ0v) is 11.3. The molecule has 1 amide bonds. The molecular formula is C12H23ClN2O2. The molecule has 1 aliphatic heterocycles. The molecule has 5 heteroatoms. The molecule has 2 N–H and O–H groups in total. The van der Waals surface area contributed by atoms with Gasteiger partial charge in [0.2, 0.25) is 0 Å². The summed E-state index contributed by atoms with van der Waals surface area (Å²) in [6, 6.07) is 0. The highest BCUT2D eigenvalue weighted by molar-refractivity contribution is 5.85. The molecule has 17 heavy (non-hydrogen) atoms. The van der Waals surface area contributed by atoms with Crippen LogP contribution in [0.2, 0.25) is 0 Å². The molecule has 0 aromatic rings. The van der Waals surface area contributed by atoms with Gasteiger partial charge in [0, 0.05) is 13.7 Å². The van der Waals surface area contributed by atoms with E-state index in [9.17, 15) is 4.79 Å². The molecule has 100 valence electrons. The first kappa shape index (κ1) is 14.7. The normalized spacial score (nSPS) is 22.6. The summed E-state index contributed by atoms with van der Waals surface area (Å²) in [6.07, 6.45) is 5.37. The van der Waals surface area contributed by atoms with Crippen LogP contribution >= 0.6 is 12.4 Å². The molecule has 0 atom stereocenters. The second kappa shape index (κ2) is 6.57. The van der Waals surface area contributed by atoms with E-state index in [2.05, 4.69) is 10.6 Å². The zero-order chi connectivity index (χ0) is 11.4. The monoisotopic (exact) mass is 262 g/mol. The van der Waals surface area contributed by atoms with Gasteiger partial charge in [0.05, 0.1) is 0 Å². The molecule has 1 heterocycles. The smallest absolute Gasteiger partial charge is 0.252 e. The lowest BCUT2D eigenvalue weighted by atomic mass is 9.91. The number of rotatable bonds is 5. The maximum Gasteiger partial charge on any atom is 0.252 e. The first-order valence-corrected chi connectivity index (χ1v) is 6.31. The van der Waals surface area contributed by atoms with E-state index in [0.29, 0.717) is 0 Å². The van der Waals surface area contributed by atoms with Gasteiger partial charge in [0.1, 0.15) is 5.60 Å². The van der Waals surface area contributed by atoms with Crippen LogP contribution in [-0.2, 0) is 9.53 Å². The SMILES string of the molecule is COC1(C(=O)NCCC2CC2)CCNCC1.Cl. The van der Waals surface area contributed by atoms with Gasteiger partial charge in [-0.2, -0.15) is 0 Å². The Balaban J connectivity index is 0.00000144. The highest BCUT2D eigenvalue weighted by Crippen LogP contribution is 2.31. The van der Waals surface area contributed by atoms with Gasteiger partial charge >= 0.3 is 0 Å². The summed E-state index contributed by atoms with van der Waals surface area (Å²) in [5.74, 6) is 0.948. The van der Waals surface area contributed by atoms with Gasteiger partial charge in [0.15, 0.2) is 0 Å². The van der Waals surface area contributed by atoms with Crippen molar-refractivity contribution < 1.29 is 9.53 Å². The minimum absolute atomic E-state index is 0. The van der Waals surface area contributed by atoms with Gasteiger partial charge in [0.25, 0.3) is 5.91 Å². The van der Waals surface area contributed by atoms with Crippen molar-refractivity contribution in [2.24, 2.45) is 5.92 Å². The third-order valence-corrected chi connectivity index (χ3v) is 3.75. The summed E-state index contributed by atoms with van der Waals surface area (Å²) < 4.78 is 5.46. The molecule has 0 aromatic heterocycles. The molecule has 2 rings (SSSR count). The van der Waals surface area contributed by atoms with E-state index in [1.807, 2.05) is 0 Å². The second-order valence-corrected chi connectivity index (χ2v) is 4.94. The molecular weight excluding hydrogens is 240 g/mol. The number of carbonyl (C=O) groups excluding carboxylic acids is 1. The number of hydrogen-bond donors (Lipinski definition) is 2. The highest BCUT2D eigenvalue weighted by atomic mass is 35.5. The molecule has 0 radical (unpaired) electrons. The fourth-order valence-corrected chi connectivity index (χ4v) is 2.31. The largest absolute Gasteiger partial charge is 0.368 e. The van der Waals surface area contributed by atoms with E-state index >= 15 is 0 Å². The van der Waals surface area contributed by atoms with Crippen LogP contribution in [0.5, 0.6) is 0 Å². The van der Waals surface area contributed by atoms with Crippen LogP contribution in [0.15, 0.2) is 0 Å². The topological polar surface area (TPSA) is 50.4 Å². The molecule has 0 bridgehead atoms. The average molecular weight is 263 g/mol.